The molecule has 304 valence electrons. The standard InChI is InChI=1S/C38H69NO12S/c1-3-5-7-9-11-12-13-14-15-16-17-18-19-21-23-25-27-32(42)37(45)39-30(31(41)26-24-22-20-10-8-6-4-2)29-49-38-35(44)36(51-52(46,47)48)34(43)33(28-40)50-38/h8,10,14-15,24,26,30-36,38,40-44H,3-7,9,11-13,16-23,25,27-29H2,1-2H3,(H,39,45)(H,46,47,48)/b10-8+,15-14-,26-24+. The molecule has 0 aromatic rings. The van der Waals surface area contributed by atoms with E-state index in [1.807, 2.05) is 6.08 Å². The largest absolute Gasteiger partial charge is 0.397 e. The van der Waals surface area contributed by atoms with Gasteiger partial charge in [-0.05, 0) is 51.4 Å². The molecule has 0 saturated carbocycles. The van der Waals surface area contributed by atoms with Gasteiger partial charge in [-0.2, -0.15) is 8.42 Å². The maximum atomic E-state index is 13.0. The number of hydrogen-bond acceptors (Lipinski definition) is 11. The summed E-state index contributed by atoms with van der Waals surface area (Å²) in [4.78, 5) is 13.0. The lowest BCUT2D eigenvalue weighted by molar-refractivity contribution is -0.298. The molecule has 0 spiro atoms. The van der Waals surface area contributed by atoms with Crippen molar-refractivity contribution in [2.75, 3.05) is 13.2 Å². The average Bonchev–Trinajstić information content (AvgIpc) is 3.11. The van der Waals surface area contributed by atoms with Crippen LogP contribution in [0.5, 0.6) is 0 Å². The van der Waals surface area contributed by atoms with E-state index >= 15 is 0 Å². The average molecular weight is 764 g/mol. The first-order valence-corrected chi connectivity index (χ1v) is 20.8. The van der Waals surface area contributed by atoms with Gasteiger partial charge in [0, 0.05) is 0 Å². The monoisotopic (exact) mass is 763 g/mol. The van der Waals surface area contributed by atoms with Crippen molar-refractivity contribution in [3.8, 4) is 0 Å². The fraction of sp³-hybridized carbons (Fsp3) is 0.816. The Morgan fingerprint density at radius 3 is 1.92 bits per heavy atom. The third-order valence-corrected chi connectivity index (χ3v) is 9.45. The first-order chi connectivity index (χ1) is 24.9. The minimum absolute atomic E-state index is 0.228. The van der Waals surface area contributed by atoms with Crippen LogP contribution in [0.4, 0.5) is 0 Å². The third-order valence-electron chi connectivity index (χ3n) is 8.98. The Balaban J connectivity index is 2.61. The molecule has 0 aromatic carbocycles. The van der Waals surface area contributed by atoms with Crippen molar-refractivity contribution in [1.82, 2.24) is 5.32 Å². The second-order valence-corrected chi connectivity index (χ2v) is 14.7. The minimum Gasteiger partial charge on any atom is -0.394 e. The zero-order valence-electron chi connectivity index (χ0n) is 31.5. The van der Waals surface area contributed by atoms with E-state index < -0.39 is 78.5 Å². The van der Waals surface area contributed by atoms with Crippen LogP contribution < -0.4 is 5.32 Å². The molecule has 1 aliphatic rings. The van der Waals surface area contributed by atoms with Gasteiger partial charge in [0.15, 0.2) is 6.29 Å². The highest BCUT2D eigenvalue weighted by atomic mass is 32.3. The summed E-state index contributed by atoms with van der Waals surface area (Å²) in [6.45, 7) is 3.03. The van der Waals surface area contributed by atoms with E-state index in [-0.39, 0.29) is 6.42 Å². The van der Waals surface area contributed by atoms with E-state index in [9.17, 15) is 38.7 Å². The number of aliphatic hydroxyl groups excluding tert-OH is 5. The normalized spacial score (nSPS) is 23.1. The predicted octanol–water partition coefficient (Wildman–Crippen LogP) is 4.96. The number of unbranched alkanes of at least 4 members (excludes halogenated alkanes) is 14. The quantitative estimate of drug-likeness (QED) is 0.0284. The lowest BCUT2D eigenvalue weighted by atomic mass is 9.99. The van der Waals surface area contributed by atoms with Crippen molar-refractivity contribution in [2.45, 2.75) is 185 Å². The molecule has 1 rings (SSSR count). The van der Waals surface area contributed by atoms with Crippen LogP contribution in [0.25, 0.3) is 0 Å². The first-order valence-electron chi connectivity index (χ1n) is 19.5. The minimum atomic E-state index is -5.11. The maximum absolute atomic E-state index is 13.0. The SMILES string of the molecule is CCC/C=C/CC/C=C/C(O)C(COC1OC(CO)C(O)C(OS(=O)(=O)O)C1O)NC(=O)C(O)CCCCCCCC/C=C\CCCCCCCC. The molecule has 0 radical (unpaired) electrons. The molecule has 1 amide bonds. The lowest BCUT2D eigenvalue weighted by Gasteiger charge is -2.41. The smallest absolute Gasteiger partial charge is 0.394 e. The van der Waals surface area contributed by atoms with Crippen LogP contribution in [0.1, 0.15) is 136 Å². The zero-order valence-corrected chi connectivity index (χ0v) is 32.3. The van der Waals surface area contributed by atoms with Gasteiger partial charge < -0.3 is 40.3 Å². The van der Waals surface area contributed by atoms with Gasteiger partial charge in [0.2, 0.25) is 5.91 Å². The molecule has 0 bridgehead atoms. The van der Waals surface area contributed by atoms with E-state index in [1.165, 1.54) is 44.6 Å². The molecule has 0 aliphatic carbocycles. The topological polar surface area (TPSA) is 212 Å². The molecular formula is C38H69NO12S. The van der Waals surface area contributed by atoms with E-state index in [0.717, 1.165) is 64.2 Å². The van der Waals surface area contributed by atoms with Crippen molar-refractivity contribution in [3.63, 3.8) is 0 Å². The van der Waals surface area contributed by atoms with Crippen LogP contribution in [0.15, 0.2) is 36.5 Å². The molecule has 1 aliphatic heterocycles. The fourth-order valence-electron chi connectivity index (χ4n) is 5.83. The van der Waals surface area contributed by atoms with E-state index in [1.54, 1.807) is 6.08 Å². The van der Waals surface area contributed by atoms with Gasteiger partial charge in [-0.15, -0.1) is 0 Å². The van der Waals surface area contributed by atoms with Gasteiger partial charge in [-0.3, -0.25) is 9.35 Å². The molecule has 52 heavy (non-hydrogen) atoms. The highest BCUT2D eigenvalue weighted by Gasteiger charge is 2.48. The lowest BCUT2D eigenvalue weighted by Crippen LogP contribution is -2.61. The Morgan fingerprint density at radius 1 is 0.769 bits per heavy atom. The van der Waals surface area contributed by atoms with Crippen molar-refractivity contribution in [2.24, 2.45) is 0 Å². The Morgan fingerprint density at radius 2 is 1.33 bits per heavy atom. The Hall–Kier alpha value is -1.72. The van der Waals surface area contributed by atoms with Gasteiger partial charge in [-0.1, -0.05) is 121 Å². The first kappa shape index (κ1) is 48.3. The molecule has 1 heterocycles. The van der Waals surface area contributed by atoms with Crippen LogP contribution in [0.3, 0.4) is 0 Å². The molecule has 14 heteroatoms. The Labute approximate surface area is 312 Å². The van der Waals surface area contributed by atoms with Crippen LogP contribution in [-0.4, -0.2) is 107 Å². The maximum Gasteiger partial charge on any atom is 0.397 e. The summed E-state index contributed by atoms with van der Waals surface area (Å²) in [5, 5.41) is 54.6. The second-order valence-electron chi connectivity index (χ2n) is 13.6. The van der Waals surface area contributed by atoms with E-state index in [4.69, 9.17) is 14.0 Å². The van der Waals surface area contributed by atoms with Crippen LogP contribution in [-0.2, 0) is 28.9 Å². The second kappa shape index (κ2) is 29.6. The predicted molar refractivity (Wildman–Crippen MR) is 201 cm³/mol. The number of carbonyl (C=O) groups is 1. The number of nitrogens with one attached hydrogen (secondary N) is 1. The summed E-state index contributed by atoms with van der Waals surface area (Å²) in [6.07, 6.45) is 20.0. The van der Waals surface area contributed by atoms with E-state index in [0.29, 0.717) is 12.8 Å². The van der Waals surface area contributed by atoms with Gasteiger partial charge >= 0.3 is 10.4 Å². The number of amides is 1. The van der Waals surface area contributed by atoms with Crippen molar-refractivity contribution < 1.29 is 57.0 Å². The number of hydrogen-bond donors (Lipinski definition) is 7. The summed E-state index contributed by atoms with van der Waals surface area (Å²) < 4.78 is 47.1. The summed E-state index contributed by atoms with van der Waals surface area (Å²) in [7, 11) is -5.11. The summed E-state index contributed by atoms with van der Waals surface area (Å²) in [5.74, 6) is -0.724. The Bertz CT molecular complexity index is 1100. The molecule has 1 saturated heterocycles. The van der Waals surface area contributed by atoms with Crippen molar-refractivity contribution in [3.05, 3.63) is 36.5 Å². The molecule has 8 atom stereocenters. The molecule has 7 N–H and O–H groups in total. The van der Waals surface area contributed by atoms with Crippen molar-refractivity contribution >= 4 is 16.3 Å². The molecule has 13 nitrogen and oxygen atoms in total. The van der Waals surface area contributed by atoms with Crippen LogP contribution in [0.2, 0.25) is 0 Å². The molecule has 1 fully saturated rings. The van der Waals surface area contributed by atoms with Gasteiger partial charge in [0.05, 0.1) is 25.4 Å². The highest BCUT2D eigenvalue weighted by molar-refractivity contribution is 7.80. The number of rotatable bonds is 31. The number of allylic oxidation sites excluding steroid dienone is 5. The van der Waals surface area contributed by atoms with Gasteiger partial charge in [0.25, 0.3) is 0 Å². The summed E-state index contributed by atoms with van der Waals surface area (Å²) in [5.41, 5.74) is 0. The molecule has 8 unspecified atom stereocenters. The van der Waals surface area contributed by atoms with Crippen molar-refractivity contribution in [1.29, 1.82) is 0 Å². The number of carbonyl (C=O) groups excluding carboxylic acids is 1. The zero-order chi connectivity index (χ0) is 38.6. The fourth-order valence-corrected chi connectivity index (χ4v) is 6.34. The third kappa shape index (κ3) is 22.5. The van der Waals surface area contributed by atoms with E-state index in [2.05, 4.69) is 41.6 Å². The number of aliphatic hydroxyl groups is 5. The van der Waals surface area contributed by atoms with Crippen LogP contribution >= 0.6 is 0 Å². The highest BCUT2D eigenvalue weighted by Crippen LogP contribution is 2.26. The van der Waals surface area contributed by atoms with Gasteiger partial charge in [0.1, 0.15) is 30.5 Å². The van der Waals surface area contributed by atoms with Gasteiger partial charge in [-0.25, -0.2) is 4.18 Å². The summed E-state index contributed by atoms with van der Waals surface area (Å²) >= 11 is 0. The Kier molecular flexibility index (Phi) is 27.5. The number of ether oxygens (including phenoxy) is 2. The summed E-state index contributed by atoms with van der Waals surface area (Å²) in [6, 6.07) is -1.13. The van der Waals surface area contributed by atoms with Crippen LogP contribution in [0, 0.1) is 0 Å². The molecular weight excluding hydrogens is 694 g/mol. The molecule has 0 aromatic heterocycles.